The summed E-state index contributed by atoms with van der Waals surface area (Å²) in [7, 11) is 1.68. The third kappa shape index (κ3) is 6.13. The van der Waals surface area contributed by atoms with Gasteiger partial charge in [-0.3, -0.25) is 0 Å². The molecule has 0 spiro atoms. The summed E-state index contributed by atoms with van der Waals surface area (Å²) in [4.78, 5) is 4.99. The van der Waals surface area contributed by atoms with E-state index in [-0.39, 0.29) is 0 Å². The van der Waals surface area contributed by atoms with Crippen molar-refractivity contribution >= 4 is 23.0 Å². The Hall–Kier alpha value is -1.33. The van der Waals surface area contributed by atoms with Gasteiger partial charge >= 0.3 is 0 Å². The van der Waals surface area contributed by atoms with Crippen molar-refractivity contribution in [3.63, 3.8) is 0 Å². The highest BCUT2D eigenvalue weighted by molar-refractivity contribution is 7.80. The Morgan fingerprint density at radius 1 is 1.19 bits per heavy atom. The zero-order valence-electron chi connectivity index (χ0n) is 17.0. The molecule has 4 nitrogen and oxygen atoms in total. The van der Waals surface area contributed by atoms with Crippen molar-refractivity contribution < 1.29 is 4.74 Å². The van der Waals surface area contributed by atoms with Gasteiger partial charge in [-0.15, -0.1) is 0 Å². The molecule has 146 valence electrons. The fourth-order valence-corrected chi connectivity index (χ4v) is 3.79. The van der Waals surface area contributed by atoms with Crippen molar-refractivity contribution in [2.75, 3.05) is 32.1 Å². The average Bonchev–Trinajstić information content (AvgIpc) is 2.62. The van der Waals surface area contributed by atoms with Crippen LogP contribution in [0.4, 0.5) is 5.69 Å². The van der Waals surface area contributed by atoms with Gasteiger partial charge in [-0.1, -0.05) is 13.8 Å². The molecule has 0 unspecified atom stereocenters. The Bertz CT molecular complexity index is 551. The van der Waals surface area contributed by atoms with Gasteiger partial charge in [-0.2, -0.15) is 0 Å². The number of nitrogens with one attached hydrogen (secondary N) is 1. The molecule has 0 bridgehead atoms. The Labute approximate surface area is 164 Å². The molecule has 1 aromatic carbocycles. The highest BCUT2D eigenvalue weighted by Crippen LogP contribution is 2.22. The Balaban J connectivity index is 2.01. The molecule has 1 aliphatic rings. The molecular formula is C21H35N3OS. The number of nitrogens with zero attached hydrogens (tertiary/aromatic N) is 2. The van der Waals surface area contributed by atoms with E-state index in [2.05, 4.69) is 42.8 Å². The van der Waals surface area contributed by atoms with Crippen LogP contribution in [0.1, 0.15) is 47.0 Å². The predicted octanol–water partition coefficient (Wildman–Crippen LogP) is 4.61. The largest absolute Gasteiger partial charge is 0.497 e. The van der Waals surface area contributed by atoms with E-state index in [9.17, 15) is 0 Å². The molecule has 1 N–H and O–H groups in total. The second-order valence-corrected chi connectivity index (χ2v) is 8.28. The Morgan fingerprint density at radius 3 is 2.31 bits per heavy atom. The number of hydrogen-bond donors (Lipinski definition) is 1. The summed E-state index contributed by atoms with van der Waals surface area (Å²) >= 11 is 5.80. The SMILES string of the molecule is COc1ccc(NC(=S)N(CCC(C)C)C2CCN(C(C)C)CC2)cc1. The lowest BCUT2D eigenvalue weighted by Crippen LogP contribution is -2.50. The monoisotopic (exact) mass is 377 g/mol. The van der Waals surface area contributed by atoms with Gasteiger partial charge in [-0.05, 0) is 75.5 Å². The second-order valence-electron chi connectivity index (χ2n) is 7.90. The van der Waals surface area contributed by atoms with Crippen molar-refractivity contribution in [1.82, 2.24) is 9.80 Å². The lowest BCUT2D eigenvalue weighted by atomic mass is 10.0. The summed E-state index contributed by atoms with van der Waals surface area (Å²) < 4.78 is 5.24. The first-order chi connectivity index (χ1) is 12.4. The first kappa shape index (κ1) is 21.0. The van der Waals surface area contributed by atoms with Crippen LogP contribution in [0.3, 0.4) is 0 Å². The molecule has 2 rings (SSSR count). The van der Waals surface area contributed by atoms with Crippen LogP contribution in [0.2, 0.25) is 0 Å². The van der Waals surface area contributed by atoms with Gasteiger partial charge < -0.3 is 19.9 Å². The molecule has 0 atom stereocenters. The van der Waals surface area contributed by atoms with Gasteiger partial charge in [0.25, 0.3) is 0 Å². The van der Waals surface area contributed by atoms with E-state index in [0.29, 0.717) is 18.0 Å². The third-order valence-electron chi connectivity index (χ3n) is 5.22. The molecule has 0 aromatic heterocycles. The van der Waals surface area contributed by atoms with Gasteiger partial charge in [-0.25, -0.2) is 0 Å². The van der Waals surface area contributed by atoms with E-state index in [1.807, 2.05) is 24.3 Å². The van der Waals surface area contributed by atoms with Crippen LogP contribution in [0.25, 0.3) is 0 Å². The number of thiocarbonyl (C=S) groups is 1. The molecule has 5 heteroatoms. The van der Waals surface area contributed by atoms with Crippen LogP contribution in [0.15, 0.2) is 24.3 Å². The number of likely N-dealkylation sites (tertiary alicyclic amines) is 1. The zero-order valence-corrected chi connectivity index (χ0v) is 17.8. The molecule has 1 fully saturated rings. The van der Waals surface area contributed by atoms with Crippen LogP contribution >= 0.6 is 12.2 Å². The average molecular weight is 378 g/mol. The molecule has 0 saturated carbocycles. The Morgan fingerprint density at radius 2 is 1.81 bits per heavy atom. The van der Waals surface area contributed by atoms with Gasteiger partial charge in [0.2, 0.25) is 0 Å². The van der Waals surface area contributed by atoms with Gasteiger partial charge in [0.05, 0.1) is 7.11 Å². The van der Waals surface area contributed by atoms with E-state index in [1.54, 1.807) is 7.11 Å². The van der Waals surface area contributed by atoms with Crippen LogP contribution in [0.5, 0.6) is 5.75 Å². The lowest BCUT2D eigenvalue weighted by Gasteiger charge is -2.41. The van der Waals surface area contributed by atoms with Crippen LogP contribution in [-0.4, -0.2) is 53.7 Å². The molecule has 1 aliphatic heterocycles. The predicted molar refractivity (Wildman–Crippen MR) is 115 cm³/mol. The van der Waals surface area contributed by atoms with Gasteiger partial charge in [0.15, 0.2) is 5.11 Å². The first-order valence-corrected chi connectivity index (χ1v) is 10.3. The maximum absolute atomic E-state index is 5.80. The normalized spacial score (nSPS) is 16.1. The topological polar surface area (TPSA) is 27.7 Å². The molecule has 0 aliphatic carbocycles. The fraction of sp³-hybridized carbons (Fsp3) is 0.667. The second kappa shape index (κ2) is 10.1. The minimum atomic E-state index is 0.530. The van der Waals surface area contributed by atoms with Crippen LogP contribution < -0.4 is 10.1 Å². The summed E-state index contributed by atoms with van der Waals surface area (Å²) in [5, 5.41) is 4.28. The summed E-state index contributed by atoms with van der Waals surface area (Å²) in [6.07, 6.45) is 3.52. The number of hydrogen-bond acceptors (Lipinski definition) is 3. The van der Waals surface area contributed by atoms with Crippen molar-refractivity contribution in [3.05, 3.63) is 24.3 Å². The molecule has 1 saturated heterocycles. The van der Waals surface area contributed by atoms with E-state index >= 15 is 0 Å². The summed E-state index contributed by atoms with van der Waals surface area (Å²) in [5.74, 6) is 1.54. The molecule has 26 heavy (non-hydrogen) atoms. The maximum atomic E-state index is 5.80. The minimum absolute atomic E-state index is 0.530. The Kier molecular flexibility index (Phi) is 8.16. The number of methoxy groups -OCH3 is 1. The number of anilines is 1. The lowest BCUT2D eigenvalue weighted by molar-refractivity contribution is 0.126. The van der Waals surface area contributed by atoms with E-state index < -0.39 is 0 Å². The number of rotatable bonds is 7. The first-order valence-electron chi connectivity index (χ1n) is 9.86. The van der Waals surface area contributed by atoms with Crippen molar-refractivity contribution in [3.8, 4) is 5.75 Å². The summed E-state index contributed by atoms with van der Waals surface area (Å²) in [6, 6.07) is 9.13. The minimum Gasteiger partial charge on any atom is -0.497 e. The quantitative estimate of drug-likeness (QED) is 0.700. The molecule has 1 heterocycles. The third-order valence-corrected chi connectivity index (χ3v) is 5.56. The molecule has 1 aromatic rings. The highest BCUT2D eigenvalue weighted by atomic mass is 32.1. The molecule has 0 amide bonds. The van der Waals surface area contributed by atoms with Crippen molar-refractivity contribution in [2.24, 2.45) is 5.92 Å². The van der Waals surface area contributed by atoms with E-state index in [0.717, 1.165) is 42.6 Å². The number of piperidine rings is 1. The fourth-order valence-electron chi connectivity index (χ4n) is 3.43. The maximum Gasteiger partial charge on any atom is 0.173 e. The zero-order chi connectivity index (χ0) is 19.1. The van der Waals surface area contributed by atoms with E-state index in [4.69, 9.17) is 17.0 Å². The molecular weight excluding hydrogens is 342 g/mol. The number of benzene rings is 1. The standard InChI is InChI=1S/C21H35N3OS/c1-16(2)10-15-24(19-11-13-23(14-12-19)17(3)4)21(26)22-18-6-8-20(25-5)9-7-18/h6-9,16-17,19H,10-15H2,1-5H3,(H,22,26). The van der Waals surface area contributed by atoms with E-state index in [1.165, 1.54) is 12.8 Å². The smallest absolute Gasteiger partial charge is 0.173 e. The summed E-state index contributed by atoms with van der Waals surface area (Å²) in [6.45, 7) is 12.5. The van der Waals surface area contributed by atoms with Crippen molar-refractivity contribution in [2.45, 2.75) is 59.0 Å². The van der Waals surface area contributed by atoms with Crippen LogP contribution in [-0.2, 0) is 0 Å². The highest BCUT2D eigenvalue weighted by Gasteiger charge is 2.27. The molecule has 0 radical (unpaired) electrons. The summed E-state index contributed by atoms with van der Waals surface area (Å²) in [5.41, 5.74) is 1.02. The van der Waals surface area contributed by atoms with Crippen molar-refractivity contribution in [1.29, 1.82) is 0 Å². The number of ether oxygens (including phenoxy) is 1. The van der Waals surface area contributed by atoms with Gasteiger partial charge in [0.1, 0.15) is 5.75 Å². The van der Waals surface area contributed by atoms with Crippen LogP contribution in [0, 0.1) is 5.92 Å². The van der Waals surface area contributed by atoms with Gasteiger partial charge in [0, 0.05) is 37.4 Å².